The van der Waals surface area contributed by atoms with Crippen molar-refractivity contribution >= 4 is 5.78 Å². The predicted molar refractivity (Wildman–Crippen MR) is 136 cm³/mol. The Hall–Kier alpha value is -3.25. The molecular weight excluding hydrogens is 564 g/mol. The summed E-state index contributed by atoms with van der Waals surface area (Å²) in [7, 11) is 1.37. The van der Waals surface area contributed by atoms with Gasteiger partial charge in [-0.3, -0.25) is 4.79 Å². The van der Waals surface area contributed by atoms with Crippen LogP contribution < -0.4 is 18.9 Å². The molecule has 42 heavy (non-hydrogen) atoms. The highest BCUT2D eigenvalue weighted by Crippen LogP contribution is 2.44. The number of hydrogen-bond donors (Lipinski definition) is 8. The lowest BCUT2D eigenvalue weighted by Gasteiger charge is -2.39. The van der Waals surface area contributed by atoms with E-state index < -0.39 is 79.6 Å². The summed E-state index contributed by atoms with van der Waals surface area (Å²) in [6, 6.07) is 6.99. The Bertz CT molecular complexity index is 1300. The molecule has 2 fully saturated rings. The van der Waals surface area contributed by atoms with Gasteiger partial charge in [0.2, 0.25) is 12.6 Å². The number of benzene rings is 2. The van der Waals surface area contributed by atoms with Crippen LogP contribution in [0.3, 0.4) is 0 Å². The third-order valence-corrected chi connectivity index (χ3v) is 7.46. The Kier molecular flexibility index (Phi) is 8.48. The maximum absolute atomic E-state index is 13.0. The second-order valence-electron chi connectivity index (χ2n) is 10.3. The van der Waals surface area contributed by atoms with Crippen molar-refractivity contribution in [2.24, 2.45) is 0 Å². The smallest absolute Gasteiger partial charge is 0.229 e. The minimum Gasteiger partial charge on any atom is -0.507 e. The van der Waals surface area contributed by atoms with Crippen molar-refractivity contribution in [2.45, 2.75) is 61.2 Å². The summed E-state index contributed by atoms with van der Waals surface area (Å²) >= 11 is 0. The molecule has 0 aromatic heterocycles. The molecule has 8 N–H and O–H groups in total. The number of phenols is 1. The fourth-order valence-electron chi connectivity index (χ4n) is 4.97. The van der Waals surface area contributed by atoms with E-state index in [2.05, 4.69) is 0 Å². The second-order valence-corrected chi connectivity index (χ2v) is 10.3. The highest BCUT2D eigenvalue weighted by atomic mass is 16.7. The predicted octanol–water partition coefficient (Wildman–Crippen LogP) is -1.89. The van der Waals surface area contributed by atoms with Gasteiger partial charge in [-0.1, -0.05) is 6.07 Å². The van der Waals surface area contributed by atoms with Gasteiger partial charge >= 0.3 is 0 Å². The van der Waals surface area contributed by atoms with Crippen molar-refractivity contribution < 1.29 is 74.1 Å². The molecule has 9 atom stereocenters. The van der Waals surface area contributed by atoms with E-state index in [-0.39, 0.29) is 41.6 Å². The lowest BCUT2D eigenvalue weighted by atomic mass is 9.95. The van der Waals surface area contributed by atoms with Crippen LogP contribution in [0.25, 0.3) is 0 Å². The fraction of sp³-hybridized carbons (Fsp3) is 0.519. The summed E-state index contributed by atoms with van der Waals surface area (Å²) in [5, 5.41) is 80.1. The molecule has 0 bridgehead atoms. The molecule has 8 unspecified atom stereocenters. The molecule has 0 radical (unpaired) electrons. The van der Waals surface area contributed by atoms with Crippen LogP contribution in [0.4, 0.5) is 0 Å². The first-order chi connectivity index (χ1) is 20.0. The zero-order valence-corrected chi connectivity index (χ0v) is 22.3. The Morgan fingerprint density at radius 3 is 2.40 bits per heavy atom. The first-order valence-corrected chi connectivity index (χ1v) is 13.0. The molecule has 15 heteroatoms. The molecule has 3 aliphatic rings. The number of carbonyl (C=O) groups is 1. The summed E-state index contributed by atoms with van der Waals surface area (Å²) in [6.07, 6.45) is -11.5. The summed E-state index contributed by atoms with van der Waals surface area (Å²) < 4.78 is 33.3. The molecule has 2 saturated heterocycles. The first-order valence-electron chi connectivity index (χ1n) is 13.0. The topological polar surface area (TPSA) is 234 Å². The molecular formula is C27H32O15. The van der Waals surface area contributed by atoms with E-state index in [0.717, 1.165) is 6.07 Å². The minimum atomic E-state index is -1.88. The van der Waals surface area contributed by atoms with Crippen LogP contribution in [0.1, 0.15) is 28.4 Å². The van der Waals surface area contributed by atoms with Gasteiger partial charge in [-0.2, -0.15) is 0 Å². The molecule has 2 aromatic rings. The molecule has 3 aliphatic heterocycles. The number of hydrogen-bond acceptors (Lipinski definition) is 15. The van der Waals surface area contributed by atoms with Gasteiger partial charge in [0.05, 0.1) is 33.4 Å². The van der Waals surface area contributed by atoms with Gasteiger partial charge in [-0.25, -0.2) is 0 Å². The Morgan fingerprint density at radius 1 is 0.976 bits per heavy atom. The van der Waals surface area contributed by atoms with Crippen LogP contribution in [0, 0.1) is 0 Å². The zero-order valence-electron chi connectivity index (χ0n) is 22.3. The van der Waals surface area contributed by atoms with Gasteiger partial charge in [0.15, 0.2) is 17.3 Å². The number of aliphatic hydroxyl groups excluding tert-OH is 6. The molecule has 5 rings (SSSR count). The van der Waals surface area contributed by atoms with E-state index in [4.69, 9.17) is 28.4 Å². The van der Waals surface area contributed by atoms with Crippen LogP contribution in [-0.2, 0) is 9.47 Å². The van der Waals surface area contributed by atoms with E-state index in [1.807, 2.05) is 0 Å². The van der Waals surface area contributed by atoms with Gasteiger partial charge < -0.3 is 69.3 Å². The fourth-order valence-corrected chi connectivity index (χ4v) is 4.97. The zero-order chi connectivity index (χ0) is 30.3. The minimum absolute atomic E-state index is 0.0408. The molecule has 3 heterocycles. The second kappa shape index (κ2) is 11.8. The van der Waals surface area contributed by atoms with E-state index in [9.17, 15) is 45.6 Å². The largest absolute Gasteiger partial charge is 0.507 e. The number of phenolic OH excluding ortho intramolecular Hbond substituents is 1. The Labute approximate surface area is 238 Å². The number of carbonyl (C=O) groups excluding carboxylic acids is 1. The van der Waals surface area contributed by atoms with Crippen molar-refractivity contribution in [3.63, 3.8) is 0 Å². The maximum atomic E-state index is 13.0. The highest BCUT2D eigenvalue weighted by Gasteiger charge is 2.49. The van der Waals surface area contributed by atoms with Crippen LogP contribution in [-0.4, -0.2) is 122 Å². The molecule has 15 nitrogen and oxygen atoms in total. The number of aromatic hydroxyl groups is 1. The summed E-state index contributed by atoms with van der Waals surface area (Å²) in [5.41, 5.74) is -1.49. The standard InChI is InChI=1S/C27H32O15/c1-37-17-4-11(2-3-15(17)41-26-24(35)27(36,9-29)10-38-26)16-7-14(31)20-13(30)5-12(6-18(20)40-16)39-25-23(34)22(33)21(32)19(8-28)42-25/h2-6,16,19,21-26,28-30,32-36H,7-10H2,1H3/t16-,19?,21?,22?,23?,24?,25?,26?,27?/m0/s1. The van der Waals surface area contributed by atoms with Crippen molar-refractivity contribution in [1.82, 2.24) is 0 Å². The average Bonchev–Trinajstić information content (AvgIpc) is 3.26. The SMILES string of the molecule is COc1cc([C@@H]2CC(=O)c3c(O)cc(OC4OC(CO)C(O)C(O)C4O)cc3O2)ccc1OC1OCC(O)(CO)C1O. The third kappa shape index (κ3) is 5.46. The number of methoxy groups -OCH3 is 1. The number of ether oxygens (including phenoxy) is 6. The highest BCUT2D eigenvalue weighted by molar-refractivity contribution is 6.02. The molecule has 0 saturated carbocycles. The van der Waals surface area contributed by atoms with E-state index >= 15 is 0 Å². The number of Topliss-reactive ketones (excluding diaryl/α,β-unsaturated/α-hetero) is 1. The van der Waals surface area contributed by atoms with Gasteiger partial charge in [0.25, 0.3) is 0 Å². The lowest BCUT2D eigenvalue weighted by Crippen LogP contribution is -2.60. The number of rotatable bonds is 8. The molecule has 0 amide bonds. The van der Waals surface area contributed by atoms with Crippen LogP contribution in [0.15, 0.2) is 30.3 Å². The van der Waals surface area contributed by atoms with E-state index in [0.29, 0.717) is 5.56 Å². The number of aliphatic hydroxyl groups is 7. The van der Waals surface area contributed by atoms with Gasteiger partial charge in [-0.15, -0.1) is 0 Å². The van der Waals surface area contributed by atoms with E-state index in [1.165, 1.54) is 25.3 Å². The van der Waals surface area contributed by atoms with Gasteiger partial charge in [0.1, 0.15) is 65.0 Å². The molecule has 0 aliphatic carbocycles. The van der Waals surface area contributed by atoms with Crippen LogP contribution >= 0.6 is 0 Å². The van der Waals surface area contributed by atoms with Crippen LogP contribution in [0.2, 0.25) is 0 Å². The number of ketones is 1. The Morgan fingerprint density at radius 2 is 1.74 bits per heavy atom. The Balaban J connectivity index is 1.35. The van der Waals surface area contributed by atoms with Gasteiger partial charge in [-0.05, 0) is 17.7 Å². The molecule has 2 aromatic carbocycles. The third-order valence-electron chi connectivity index (χ3n) is 7.46. The lowest BCUT2D eigenvalue weighted by molar-refractivity contribution is -0.277. The number of fused-ring (bicyclic) bond motifs is 1. The first kappa shape index (κ1) is 30.2. The molecule has 0 spiro atoms. The van der Waals surface area contributed by atoms with E-state index in [1.54, 1.807) is 6.07 Å². The van der Waals surface area contributed by atoms with Crippen molar-refractivity contribution in [1.29, 1.82) is 0 Å². The summed E-state index contributed by atoms with van der Waals surface area (Å²) in [6.45, 7) is -1.74. The monoisotopic (exact) mass is 596 g/mol. The maximum Gasteiger partial charge on any atom is 0.229 e. The van der Waals surface area contributed by atoms with Crippen LogP contribution in [0.5, 0.6) is 28.7 Å². The summed E-state index contributed by atoms with van der Waals surface area (Å²) in [4.78, 5) is 13.0. The normalized spacial score (nSPS) is 34.4. The van der Waals surface area contributed by atoms with Gasteiger partial charge in [0, 0.05) is 12.1 Å². The quantitative estimate of drug-likeness (QED) is 0.166. The summed E-state index contributed by atoms with van der Waals surface area (Å²) in [5.74, 6) is -0.711. The van der Waals surface area contributed by atoms with Crippen molar-refractivity contribution in [3.8, 4) is 28.7 Å². The van der Waals surface area contributed by atoms with Crippen molar-refractivity contribution in [3.05, 3.63) is 41.5 Å². The van der Waals surface area contributed by atoms with Crippen molar-refractivity contribution in [2.75, 3.05) is 26.9 Å². The average molecular weight is 597 g/mol. The molecule has 230 valence electrons.